The molecule has 0 spiro atoms. The maximum absolute atomic E-state index is 5.59. The highest BCUT2D eigenvalue weighted by molar-refractivity contribution is 6.67. The molecule has 0 aliphatic carbocycles. The zero-order valence-electron chi connectivity index (χ0n) is 7.55. The van der Waals surface area contributed by atoms with Crippen LogP contribution in [0.15, 0.2) is 30.3 Å². The molecule has 1 rings (SSSR count). The standard InChI is InChI=1S/C10H11Cl3O/c11-10(12,13)7-4-8-14-9-5-2-1-3-6-9/h1-3,5-6H,4,7-8H2. The van der Waals surface area contributed by atoms with E-state index in [2.05, 4.69) is 0 Å². The van der Waals surface area contributed by atoms with E-state index >= 15 is 0 Å². The molecular weight excluding hydrogens is 242 g/mol. The number of rotatable bonds is 4. The Morgan fingerprint density at radius 3 is 2.29 bits per heavy atom. The van der Waals surface area contributed by atoms with Crippen molar-refractivity contribution in [2.24, 2.45) is 0 Å². The van der Waals surface area contributed by atoms with Crippen LogP contribution in [-0.2, 0) is 0 Å². The minimum absolute atomic E-state index is 0.504. The van der Waals surface area contributed by atoms with Gasteiger partial charge in [0.2, 0.25) is 0 Å². The Bertz CT molecular complexity index is 256. The molecule has 1 aromatic carbocycles. The molecule has 4 heteroatoms. The molecule has 0 amide bonds. The summed E-state index contributed by atoms with van der Waals surface area (Å²) in [5.74, 6) is 0.844. The third kappa shape index (κ3) is 5.58. The van der Waals surface area contributed by atoms with Crippen LogP contribution < -0.4 is 4.74 Å². The van der Waals surface area contributed by atoms with E-state index < -0.39 is 3.79 Å². The van der Waals surface area contributed by atoms with E-state index in [1.807, 2.05) is 30.3 Å². The zero-order valence-corrected chi connectivity index (χ0v) is 9.82. The van der Waals surface area contributed by atoms with Gasteiger partial charge in [-0.05, 0) is 25.0 Å². The van der Waals surface area contributed by atoms with Gasteiger partial charge in [0.1, 0.15) is 5.75 Å². The summed E-state index contributed by atoms with van der Waals surface area (Å²) in [4.78, 5) is 0. The van der Waals surface area contributed by atoms with Crippen LogP contribution in [0.4, 0.5) is 0 Å². The van der Waals surface area contributed by atoms with Gasteiger partial charge in [0.05, 0.1) is 6.61 Å². The van der Waals surface area contributed by atoms with E-state index in [9.17, 15) is 0 Å². The van der Waals surface area contributed by atoms with Crippen LogP contribution in [-0.4, -0.2) is 10.4 Å². The van der Waals surface area contributed by atoms with Gasteiger partial charge in [-0.2, -0.15) is 0 Å². The molecule has 0 aliphatic rings. The normalized spacial score (nSPS) is 11.4. The van der Waals surface area contributed by atoms with Crippen LogP contribution in [0, 0.1) is 0 Å². The number of para-hydroxylation sites is 1. The highest BCUT2D eigenvalue weighted by Crippen LogP contribution is 2.31. The molecule has 0 aromatic heterocycles. The SMILES string of the molecule is ClC(Cl)(Cl)CCCOc1ccccc1. The predicted octanol–water partition coefficient (Wildman–Crippen LogP) is 4.22. The molecule has 0 fully saturated rings. The molecule has 0 saturated carbocycles. The molecule has 0 radical (unpaired) electrons. The Morgan fingerprint density at radius 1 is 1.07 bits per heavy atom. The number of hydrogen-bond acceptors (Lipinski definition) is 1. The predicted molar refractivity (Wildman–Crippen MR) is 61.5 cm³/mol. The van der Waals surface area contributed by atoms with Gasteiger partial charge in [-0.3, -0.25) is 0 Å². The molecule has 0 atom stereocenters. The summed E-state index contributed by atoms with van der Waals surface area (Å²) in [6.07, 6.45) is 1.23. The topological polar surface area (TPSA) is 9.23 Å². The van der Waals surface area contributed by atoms with Crippen molar-refractivity contribution < 1.29 is 4.74 Å². The maximum atomic E-state index is 5.59. The van der Waals surface area contributed by atoms with Gasteiger partial charge < -0.3 is 4.74 Å². The molecule has 78 valence electrons. The van der Waals surface area contributed by atoms with Crippen molar-refractivity contribution in [2.45, 2.75) is 16.6 Å². The second kappa shape index (κ2) is 5.69. The second-order valence-electron chi connectivity index (χ2n) is 2.88. The molecule has 0 aliphatic heterocycles. The Kier molecular flexibility index (Phi) is 4.86. The van der Waals surface area contributed by atoms with Crippen LogP contribution in [0.1, 0.15) is 12.8 Å². The number of hydrogen-bond donors (Lipinski definition) is 0. The zero-order chi connectivity index (χ0) is 10.4. The van der Waals surface area contributed by atoms with Gasteiger partial charge in [-0.15, -0.1) is 0 Å². The first-order valence-corrected chi connectivity index (χ1v) is 5.46. The van der Waals surface area contributed by atoms with E-state index in [1.165, 1.54) is 0 Å². The van der Waals surface area contributed by atoms with Crippen LogP contribution in [0.25, 0.3) is 0 Å². The van der Waals surface area contributed by atoms with Crippen LogP contribution >= 0.6 is 34.8 Å². The number of halogens is 3. The molecule has 14 heavy (non-hydrogen) atoms. The van der Waals surface area contributed by atoms with Crippen molar-refractivity contribution >= 4 is 34.8 Å². The van der Waals surface area contributed by atoms with Crippen LogP contribution in [0.2, 0.25) is 0 Å². The van der Waals surface area contributed by atoms with E-state index in [4.69, 9.17) is 39.5 Å². The monoisotopic (exact) mass is 252 g/mol. The first-order valence-electron chi connectivity index (χ1n) is 4.32. The molecule has 1 nitrogen and oxygen atoms in total. The fraction of sp³-hybridized carbons (Fsp3) is 0.400. The largest absolute Gasteiger partial charge is 0.494 e. The fourth-order valence-electron chi connectivity index (χ4n) is 0.979. The smallest absolute Gasteiger partial charge is 0.190 e. The van der Waals surface area contributed by atoms with Gasteiger partial charge >= 0.3 is 0 Å². The van der Waals surface area contributed by atoms with Gasteiger partial charge in [-0.25, -0.2) is 0 Å². The van der Waals surface area contributed by atoms with Gasteiger partial charge in [0.25, 0.3) is 0 Å². The summed E-state index contributed by atoms with van der Waals surface area (Å²) in [5.41, 5.74) is 0. The van der Waals surface area contributed by atoms with E-state index in [0.29, 0.717) is 13.0 Å². The number of ether oxygens (including phenoxy) is 1. The summed E-state index contributed by atoms with van der Waals surface area (Å²) >= 11 is 16.8. The second-order valence-corrected chi connectivity index (χ2v) is 5.40. The van der Waals surface area contributed by atoms with E-state index in [-0.39, 0.29) is 0 Å². The summed E-state index contributed by atoms with van der Waals surface area (Å²) in [6.45, 7) is 0.567. The molecule has 1 aromatic rings. The third-order valence-electron chi connectivity index (χ3n) is 1.62. The highest BCUT2D eigenvalue weighted by Gasteiger charge is 2.18. The average molecular weight is 254 g/mol. The van der Waals surface area contributed by atoms with Gasteiger partial charge in [-0.1, -0.05) is 53.0 Å². The molecule has 0 heterocycles. The molecule has 0 saturated heterocycles. The van der Waals surface area contributed by atoms with E-state index in [0.717, 1.165) is 12.2 Å². The van der Waals surface area contributed by atoms with Crippen molar-refractivity contribution in [3.63, 3.8) is 0 Å². The van der Waals surface area contributed by atoms with Crippen molar-refractivity contribution in [3.05, 3.63) is 30.3 Å². The lowest BCUT2D eigenvalue weighted by molar-refractivity contribution is 0.307. The summed E-state index contributed by atoms with van der Waals surface area (Å²) in [7, 11) is 0. The molecule has 0 N–H and O–H groups in total. The van der Waals surface area contributed by atoms with Crippen molar-refractivity contribution in [2.75, 3.05) is 6.61 Å². The lowest BCUT2D eigenvalue weighted by atomic mass is 10.3. The summed E-state index contributed by atoms with van der Waals surface area (Å²) < 4.78 is 4.26. The number of benzene rings is 1. The van der Waals surface area contributed by atoms with Gasteiger partial charge in [0.15, 0.2) is 3.79 Å². The number of alkyl halides is 3. The highest BCUT2D eigenvalue weighted by atomic mass is 35.6. The summed E-state index contributed by atoms with van der Waals surface area (Å²) in [6, 6.07) is 9.58. The maximum Gasteiger partial charge on any atom is 0.190 e. The Labute approximate surface area is 98.9 Å². The van der Waals surface area contributed by atoms with Crippen LogP contribution in [0.5, 0.6) is 5.75 Å². The molecular formula is C10H11Cl3O. The lowest BCUT2D eigenvalue weighted by Gasteiger charge is -2.10. The minimum Gasteiger partial charge on any atom is -0.494 e. The Morgan fingerprint density at radius 2 is 1.71 bits per heavy atom. The third-order valence-corrected chi connectivity index (χ3v) is 2.18. The van der Waals surface area contributed by atoms with Crippen molar-refractivity contribution in [1.29, 1.82) is 0 Å². The Balaban J connectivity index is 2.17. The fourth-order valence-corrected chi connectivity index (χ4v) is 1.38. The average Bonchev–Trinajstić information content (AvgIpc) is 2.13. The van der Waals surface area contributed by atoms with Crippen LogP contribution in [0.3, 0.4) is 0 Å². The minimum atomic E-state index is -1.17. The van der Waals surface area contributed by atoms with E-state index in [1.54, 1.807) is 0 Å². The Hall–Kier alpha value is -0.110. The van der Waals surface area contributed by atoms with Crippen molar-refractivity contribution in [3.8, 4) is 5.75 Å². The lowest BCUT2D eigenvalue weighted by Crippen LogP contribution is -2.05. The van der Waals surface area contributed by atoms with Gasteiger partial charge in [0, 0.05) is 0 Å². The molecule has 0 unspecified atom stereocenters. The molecule has 0 bridgehead atoms. The summed E-state index contributed by atoms with van der Waals surface area (Å²) in [5, 5.41) is 0. The first-order chi connectivity index (χ1) is 6.58. The quantitative estimate of drug-likeness (QED) is 0.577. The first kappa shape index (κ1) is 12.0. The van der Waals surface area contributed by atoms with Crippen molar-refractivity contribution in [1.82, 2.24) is 0 Å².